The van der Waals surface area contributed by atoms with Gasteiger partial charge in [0, 0.05) is 40.7 Å². The van der Waals surface area contributed by atoms with Crippen molar-refractivity contribution in [2.45, 2.75) is 17.4 Å². The molecule has 0 aliphatic rings. The first-order chi connectivity index (χ1) is 14.7. The third-order valence-electron chi connectivity index (χ3n) is 4.29. The van der Waals surface area contributed by atoms with Gasteiger partial charge in [0.15, 0.2) is 0 Å². The highest BCUT2D eigenvalue weighted by atomic mass is 35.7. The van der Waals surface area contributed by atoms with Gasteiger partial charge in [-0.2, -0.15) is 0 Å². The summed E-state index contributed by atoms with van der Waals surface area (Å²) in [5.74, 6) is -1.56. The van der Waals surface area contributed by atoms with Crippen molar-refractivity contribution in [3.05, 3.63) is 90.0 Å². The molecule has 31 heavy (non-hydrogen) atoms. The van der Waals surface area contributed by atoms with E-state index >= 15 is 0 Å². The molecule has 0 saturated heterocycles. The Labute approximate surface area is 182 Å². The summed E-state index contributed by atoms with van der Waals surface area (Å²) in [7, 11) is 1.40. The summed E-state index contributed by atoms with van der Waals surface area (Å²) >= 11 is 0. The molecule has 0 radical (unpaired) electrons. The van der Waals surface area contributed by atoms with E-state index in [1.165, 1.54) is 36.4 Å². The summed E-state index contributed by atoms with van der Waals surface area (Å²) in [6.45, 7) is 0. The predicted octanol–water partition coefficient (Wildman–Crippen LogP) is 3.13. The van der Waals surface area contributed by atoms with Crippen molar-refractivity contribution in [2.24, 2.45) is 0 Å². The maximum absolute atomic E-state index is 13.1. The van der Waals surface area contributed by atoms with E-state index in [-0.39, 0.29) is 16.9 Å². The lowest BCUT2D eigenvalue weighted by Crippen LogP contribution is -2.45. The molecule has 2 aromatic carbocycles. The van der Waals surface area contributed by atoms with Gasteiger partial charge in [0.2, 0.25) is 5.91 Å². The number of carbonyl (C=O) groups excluding carboxylic acids is 2. The average Bonchev–Trinajstić information content (AvgIpc) is 2.74. The van der Waals surface area contributed by atoms with Crippen LogP contribution in [0.5, 0.6) is 0 Å². The van der Waals surface area contributed by atoms with Crippen LogP contribution >= 0.6 is 10.7 Å². The van der Waals surface area contributed by atoms with Gasteiger partial charge in [0.25, 0.3) is 15.0 Å². The van der Waals surface area contributed by atoms with Gasteiger partial charge in [-0.3, -0.25) is 14.6 Å². The molecule has 3 rings (SSSR count). The maximum Gasteiger partial charge on any atom is 0.261 e. The first-order valence-electron chi connectivity index (χ1n) is 9.03. The fourth-order valence-electron chi connectivity index (χ4n) is 2.74. The van der Waals surface area contributed by atoms with E-state index in [9.17, 15) is 22.4 Å². The highest BCUT2D eigenvalue weighted by Crippen LogP contribution is 2.18. The van der Waals surface area contributed by atoms with E-state index in [2.05, 4.69) is 15.6 Å². The van der Waals surface area contributed by atoms with Gasteiger partial charge in [0.05, 0.1) is 4.90 Å². The normalized spacial score (nSPS) is 12.1. The molecule has 0 saturated carbocycles. The van der Waals surface area contributed by atoms with Crippen LogP contribution in [0, 0.1) is 5.82 Å². The number of nitrogens with zero attached hydrogens (tertiary/aromatic N) is 1. The fraction of sp³-hybridized carbons (Fsp3) is 0.0952. The van der Waals surface area contributed by atoms with Gasteiger partial charge < -0.3 is 10.6 Å². The topological polar surface area (TPSA) is 105 Å². The second kappa shape index (κ2) is 9.67. The van der Waals surface area contributed by atoms with Crippen LogP contribution in [0.4, 0.5) is 10.1 Å². The number of nitrogens with one attached hydrogen (secondary N) is 2. The highest BCUT2D eigenvalue weighted by molar-refractivity contribution is 8.13. The SMILES string of the molecule is O=C(NC(Cc1cccnc1)C(=O)Nc1ccc(S(=O)(=O)Cl)cc1)c1ccc(F)cc1. The van der Waals surface area contributed by atoms with E-state index < -0.39 is 32.7 Å². The Bertz CT molecular complexity index is 1170. The van der Waals surface area contributed by atoms with Crippen molar-refractivity contribution in [3.63, 3.8) is 0 Å². The van der Waals surface area contributed by atoms with Crippen LogP contribution in [0.1, 0.15) is 15.9 Å². The van der Waals surface area contributed by atoms with Crippen LogP contribution in [-0.4, -0.2) is 31.3 Å². The number of rotatable bonds is 7. The summed E-state index contributed by atoms with van der Waals surface area (Å²) in [5, 5.41) is 5.27. The first kappa shape index (κ1) is 22.4. The van der Waals surface area contributed by atoms with Crippen LogP contribution in [-0.2, 0) is 20.3 Å². The molecule has 0 bridgehead atoms. The molecule has 2 amide bonds. The van der Waals surface area contributed by atoms with E-state index in [0.717, 1.165) is 12.1 Å². The molecule has 160 valence electrons. The average molecular weight is 462 g/mol. The van der Waals surface area contributed by atoms with Crippen molar-refractivity contribution >= 4 is 37.2 Å². The van der Waals surface area contributed by atoms with Gasteiger partial charge in [-0.25, -0.2) is 12.8 Å². The quantitative estimate of drug-likeness (QED) is 0.526. The minimum Gasteiger partial charge on any atom is -0.340 e. The number of aromatic nitrogens is 1. The molecular weight excluding hydrogens is 445 g/mol. The lowest BCUT2D eigenvalue weighted by atomic mass is 10.1. The maximum atomic E-state index is 13.1. The molecule has 1 aromatic heterocycles. The highest BCUT2D eigenvalue weighted by Gasteiger charge is 2.22. The minimum atomic E-state index is -3.89. The lowest BCUT2D eigenvalue weighted by molar-refractivity contribution is -0.118. The number of pyridine rings is 1. The molecule has 7 nitrogen and oxygen atoms in total. The third-order valence-corrected chi connectivity index (χ3v) is 5.66. The van der Waals surface area contributed by atoms with E-state index in [1.54, 1.807) is 24.5 Å². The second-order valence-electron chi connectivity index (χ2n) is 6.55. The fourth-order valence-corrected chi connectivity index (χ4v) is 3.51. The number of benzene rings is 2. The Kier molecular flexibility index (Phi) is 6.98. The molecule has 1 unspecified atom stereocenters. The van der Waals surface area contributed by atoms with Crippen molar-refractivity contribution in [1.29, 1.82) is 0 Å². The Morgan fingerprint density at radius 2 is 1.71 bits per heavy atom. The number of carbonyl (C=O) groups is 2. The van der Waals surface area contributed by atoms with Gasteiger partial charge >= 0.3 is 0 Å². The standard InChI is InChI=1S/C21H17ClFN3O4S/c22-31(29,30)18-9-7-17(8-10-18)25-21(28)19(12-14-2-1-11-24-13-14)26-20(27)15-3-5-16(23)6-4-15/h1-11,13,19H,12H2,(H,25,28)(H,26,27). The van der Waals surface area contributed by atoms with Crippen molar-refractivity contribution < 1.29 is 22.4 Å². The summed E-state index contributed by atoms with van der Waals surface area (Å²) in [4.78, 5) is 29.3. The van der Waals surface area contributed by atoms with Crippen molar-refractivity contribution in [1.82, 2.24) is 10.3 Å². The van der Waals surface area contributed by atoms with Crippen LogP contribution < -0.4 is 10.6 Å². The summed E-state index contributed by atoms with van der Waals surface area (Å²) in [5.41, 5.74) is 1.23. The molecule has 3 aromatic rings. The lowest BCUT2D eigenvalue weighted by Gasteiger charge is -2.19. The molecule has 0 spiro atoms. The number of anilines is 1. The Hall–Kier alpha value is -3.30. The van der Waals surface area contributed by atoms with Gasteiger partial charge in [-0.05, 0) is 60.2 Å². The molecular formula is C21H17ClFN3O4S. The predicted molar refractivity (Wildman–Crippen MR) is 114 cm³/mol. The molecule has 0 aliphatic carbocycles. The molecule has 1 heterocycles. The summed E-state index contributed by atoms with van der Waals surface area (Å²) < 4.78 is 35.8. The zero-order chi connectivity index (χ0) is 22.4. The summed E-state index contributed by atoms with van der Waals surface area (Å²) in [6, 6.07) is 12.7. The van der Waals surface area contributed by atoms with E-state index in [1.807, 2.05) is 0 Å². The first-order valence-corrected chi connectivity index (χ1v) is 11.3. The minimum absolute atomic E-state index is 0.108. The second-order valence-corrected chi connectivity index (χ2v) is 9.12. The van der Waals surface area contributed by atoms with E-state index in [0.29, 0.717) is 11.3 Å². The van der Waals surface area contributed by atoms with Gasteiger partial charge in [-0.1, -0.05) is 6.07 Å². The third kappa shape index (κ3) is 6.34. The Morgan fingerprint density at radius 1 is 1.03 bits per heavy atom. The van der Waals surface area contributed by atoms with Crippen molar-refractivity contribution in [3.8, 4) is 0 Å². The Morgan fingerprint density at radius 3 is 2.29 bits per heavy atom. The van der Waals surface area contributed by atoms with Crippen LogP contribution in [0.2, 0.25) is 0 Å². The smallest absolute Gasteiger partial charge is 0.261 e. The zero-order valence-electron chi connectivity index (χ0n) is 16.0. The molecule has 1 atom stereocenters. The van der Waals surface area contributed by atoms with Crippen LogP contribution in [0.3, 0.4) is 0 Å². The number of hydrogen-bond donors (Lipinski definition) is 2. The Balaban J connectivity index is 1.78. The monoisotopic (exact) mass is 461 g/mol. The summed E-state index contributed by atoms with van der Waals surface area (Å²) in [6.07, 6.45) is 3.31. The van der Waals surface area contributed by atoms with Crippen LogP contribution in [0.25, 0.3) is 0 Å². The molecule has 10 heteroatoms. The van der Waals surface area contributed by atoms with E-state index in [4.69, 9.17) is 10.7 Å². The van der Waals surface area contributed by atoms with Crippen LogP contribution in [0.15, 0.2) is 78.0 Å². The number of halogens is 2. The molecule has 0 aliphatic heterocycles. The number of amides is 2. The molecule has 2 N–H and O–H groups in total. The largest absolute Gasteiger partial charge is 0.340 e. The molecule has 0 fully saturated rings. The van der Waals surface area contributed by atoms with Gasteiger partial charge in [-0.15, -0.1) is 0 Å². The zero-order valence-corrected chi connectivity index (χ0v) is 17.5. The van der Waals surface area contributed by atoms with Gasteiger partial charge in [0.1, 0.15) is 11.9 Å². The van der Waals surface area contributed by atoms with Crippen molar-refractivity contribution in [2.75, 3.05) is 5.32 Å². The number of hydrogen-bond acceptors (Lipinski definition) is 5.